The normalized spacial score (nSPS) is 15.0. The number of likely N-dealkylation sites (N-methyl/N-ethyl adjacent to an activating group) is 1. The third kappa shape index (κ3) is 1.20. The summed E-state index contributed by atoms with van der Waals surface area (Å²) in [6.07, 6.45) is 0. The Hall–Kier alpha value is -1.39. The van der Waals surface area contributed by atoms with Crippen LogP contribution in [-0.4, -0.2) is 34.4 Å². The fourth-order valence-corrected chi connectivity index (χ4v) is 1.62. The minimum absolute atomic E-state index is 0.0228. The molecule has 76 valence electrons. The Kier molecular flexibility index (Phi) is 2.02. The quantitative estimate of drug-likeness (QED) is 0.646. The van der Waals surface area contributed by atoms with Gasteiger partial charge in [0, 0.05) is 19.5 Å². The zero-order valence-electron chi connectivity index (χ0n) is 8.69. The van der Waals surface area contributed by atoms with Crippen LogP contribution in [-0.2, 0) is 6.54 Å². The molecule has 0 saturated heterocycles. The van der Waals surface area contributed by atoms with E-state index >= 15 is 0 Å². The second-order valence-corrected chi connectivity index (χ2v) is 3.93. The third-order valence-corrected chi connectivity index (χ3v) is 2.48. The second-order valence-electron chi connectivity index (χ2n) is 3.93. The van der Waals surface area contributed by atoms with Crippen LogP contribution >= 0.6 is 0 Å². The van der Waals surface area contributed by atoms with Gasteiger partial charge in [-0.15, -0.1) is 5.10 Å². The lowest BCUT2D eigenvalue weighted by Gasteiger charge is -2.10. The molecule has 1 aliphatic rings. The maximum atomic E-state index is 11.8. The summed E-state index contributed by atoms with van der Waals surface area (Å²) in [5.74, 6) is 0.911. The first kappa shape index (κ1) is 9.18. The van der Waals surface area contributed by atoms with E-state index in [1.54, 1.807) is 4.68 Å². The summed E-state index contributed by atoms with van der Waals surface area (Å²) >= 11 is 0. The molecule has 0 fully saturated rings. The van der Waals surface area contributed by atoms with Gasteiger partial charge in [-0.2, -0.15) is 0 Å². The molecule has 2 heterocycles. The minimum atomic E-state index is -0.0228. The summed E-state index contributed by atoms with van der Waals surface area (Å²) in [6.45, 7) is 5.49. The largest absolute Gasteiger partial charge is 0.356 e. The van der Waals surface area contributed by atoms with Crippen molar-refractivity contribution in [2.45, 2.75) is 20.4 Å². The number of aromatic nitrogens is 3. The Morgan fingerprint density at radius 3 is 2.79 bits per heavy atom. The Morgan fingerprint density at radius 1 is 1.43 bits per heavy atom. The number of anilines is 1. The van der Waals surface area contributed by atoms with Crippen molar-refractivity contribution in [2.75, 3.05) is 18.5 Å². The van der Waals surface area contributed by atoms with Crippen LogP contribution in [0.1, 0.15) is 24.3 Å². The van der Waals surface area contributed by atoms with Crippen LogP contribution in [0.15, 0.2) is 0 Å². The van der Waals surface area contributed by atoms with Gasteiger partial charge in [0.15, 0.2) is 17.3 Å². The van der Waals surface area contributed by atoms with Crippen molar-refractivity contribution in [2.24, 2.45) is 5.92 Å². The first-order valence-electron chi connectivity index (χ1n) is 4.80. The lowest BCUT2D eigenvalue weighted by Crippen LogP contribution is -2.18. The zero-order valence-corrected chi connectivity index (χ0v) is 8.69. The molecule has 0 saturated carbocycles. The average molecular weight is 194 g/mol. The highest BCUT2D eigenvalue weighted by Gasteiger charge is 2.27. The molecule has 2 rings (SSSR count). The lowest BCUT2D eigenvalue weighted by atomic mass is 10.1. The van der Waals surface area contributed by atoms with Gasteiger partial charge in [-0.1, -0.05) is 19.1 Å². The van der Waals surface area contributed by atoms with E-state index in [0.29, 0.717) is 5.69 Å². The molecule has 0 spiro atoms. The van der Waals surface area contributed by atoms with Crippen LogP contribution in [0.5, 0.6) is 0 Å². The number of rotatable bonds is 2. The van der Waals surface area contributed by atoms with E-state index < -0.39 is 0 Å². The fraction of sp³-hybridized carbons (Fsp3) is 0.667. The number of fused-ring (bicyclic) bond motifs is 1. The first-order chi connectivity index (χ1) is 6.61. The second kappa shape index (κ2) is 3.08. The van der Waals surface area contributed by atoms with Crippen molar-refractivity contribution in [1.82, 2.24) is 15.0 Å². The van der Waals surface area contributed by atoms with Crippen LogP contribution in [0.2, 0.25) is 0 Å². The zero-order chi connectivity index (χ0) is 10.3. The average Bonchev–Trinajstić information content (AvgIpc) is 2.68. The summed E-state index contributed by atoms with van der Waals surface area (Å²) in [4.78, 5) is 13.8. The summed E-state index contributed by atoms with van der Waals surface area (Å²) in [5, 5.41) is 7.89. The van der Waals surface area contributed by atoms with Crippen molar-refractivity contribution >= 4 is 11.6 Å². The summed E-state index contributed by atoms with van der Waals surface area (Å²) in [5.41, 5.74) is 0.514. The highest BCUT2D eigenvalue weighted by atomic mass is 16.1. The van der Waals surface area contributed by atoms with E-state index in [4.69, 9.17) is 0 Å². The van der Waals surface area contributed by atoms with Crippen LogP contribution in [0.25, 0.3) is 0 Å². The van der Waals surface area contributed by atoms with Crippen molar-refractivity contribution in [3.8, 4) is 0 Å². The van der Waals surface area contributed by atoms with Gasteiger partial charge in [0.2, 0.25) is 0 Å². The van der Waals surface area contributed by atoms with Crippen molar-refractivity contribution in [1.29, 1.82) is 0 Å². The summed E-state index contributed by atoms with van der Waals surface area (Å²) in [6, 6.07) is 0. The molecule has 14 heavy (non-hydrogen) atoms. The van der Waals surface area contributed by atoms with Gasteiger partial charge in [-0.25, -0.2) is 4.68 Å². The molecule has 1 aromatic heterocycles. The van der Waals surface area contributed by atoms with E-state index in [1.807, 2.05) is 25.8 Å². The maximum Gasteiger partial charge on any atom is 0.189 e. The Morgan fingerprint density at radius 2 is 2.14 bits per heavy atom. The SMILES string of the molecule is CC(C)C(=O)c1nnn2c1N(C)CC2. The number of carbonyl (C=O) groups is 1. The molecule has 0 radical (unpaired) electrons. The molecule has 5 nitrogen and oxygen atoms in total. The van der Waals surface area contributed by atoms with E-state index in [2.05, 4.69) is 10.3 Å². The monoisotopic (exact) mass is 194 g/mol. The molecular formula is C9H14N4O. The van der Waals surface area contributed by atoms with Gasteiger partial charge in [-0.05, 0) is 0 Å². The van der Waals surface area contributed by atoms with Gasteiger partial charge >= 0.3 is 0 Å². The van der Waals surface area contributed by atoms with Crippen LogP contribution < -0.4 is 4.90 Å². The maximum absolute atomic E-state index is 11.8. The van der Waals surface area contributed by atoms with Gasteiger partial charge in [0.1, 0.15) is 0 Å². The molecule has 0 N–H and O–H groups in total. The first-order valence-corrected chi connectivity index (χ1v) is 4.80. The van der Waals surface area contributed by atoms with Crippen LogP contribution in [0.3, 0.4) is 0 Å². The molecule has 1 aromatic rings. The van der Waals surface area contributed by atoms with Gasteiger partial charge in [-0.3, -0.25) is 4.79 Å². The molecule has 0 unspecified atom stereocenters. The molecule has 5 heteroatoms. The highest BCUT2D eigenvalue weighted by Crippen LogP contribution is 2.23. The van der Waals surface area contributed by atoms with Gasteiger partial charge in [0.05, 0.1) is 6.54 Å². The standard InChI is InChI=1S/C9H14N4O/c1-6(2)8(14)7-9-12(3)4-5-13(9)11-10-7/h6H,4-5H2,1-3H3. The molecule has 0 bridgehead atoms. The number of nitrogens with zero attached hydrogens (tertiary/aromatic N) is 4. The van der Waals surface area contributed by atoms with Gasteiger partial charge < -0.3 is 4.90 Å². The number of Topliss-reactive ketones (excluding diaryl/α,β-unsaturated/α-hetero) is 1. The van der Waals surface area contributed by atoms with E-state index in [9.17, 15) is 4.79 Å². The predicted molar refractivity (Wildman–Crippen MR) is 52.5 cm³/mol. The smallest absolute Gasteiger partial charge is 0.189 e. The third-order valence-electron chi connectivity index (χ3n) is 2.48. The van der Waals surface area contributed by atoms with Gasteiger partial charge in [0.25, 0.3) is 0 Å². The molecule has 0 aliphatic carbocycles. The lowest BCUT2D eigenvalue weighted by molar-refractivity contribution is 0.0935. The van der Waals surface area contributed by atoms with E-state index in [0.717, 1.165) is 18.9 Å². The molecular weight excluding hydrogens is 180 g/mol. The molecule has 1 aliphatic heterocycles. The molecule has 0 aromatic carbocycles. The summed E-state index contributed by atoms with van der Waals surface area (Å²) < 4.78 is 1.79. The number of hydrogen-bond donors (Lipinski definition) is 0. The van der Waals surface area contributed by atoms with Crippen LogP contribution in [0, 0.1) is 5.92 Å². The fourth-order valence-electron chi connectivity index (χ4n) is 1.62. The minimum Gasteiger partial charge on any atom is -0.356 e. The van der Waals surface area contributed by atoms with E-state index in [1.165, 1.54) is 0 Å². The molecule has 0 atom stereocenters. The number of ketones is 1. The van der Waals surface area contributed by atoms with Crippen LogP contribution in [0.4, 0.5) is 5.82 Å². The topological polar surface area (TPSA) is 51.0 Å². The predicted octanol–water partition coefficient (Wildman–Crippen LogP) is 0.567. The highest BCUT2D eigenvalue weighted by molar-refractivity contribution is 6.00. The summed E-state index contributed by atoms with van der Waals surface area (Å²) in [7, 11) is 1.96. The Balaban J connectivity index is 2.41. The van der Waals surface area contributed by atoms with Crippen molar-refractivity contribution in [3.05, 3.63) is 5.69 Å². The van der Waals surface area contributed by atoms with Crippen molar-refractivity contribution in [3.63, 3.8) is 0 Å². The molecule has 0 amide bonds. The van der Waals surface area contributed by atoms with Crippen molar-refractivity contribution < 1.29 is 4.79 Å². The Bertz CT molecular complexity index is 369. The number of hydrogen-bond acceptors (Lipinski definition) is 4. The number of carbonyl (C=O) groups excluding carboxylic acids is 1. The Labute approximate surface area is 82.7 Å². The van der Waals surface area contributed by atoms with E-state index in [-0.39, 0.29) is 11.7 Å².